The van der Waals surface area contributed by atoms with Gasteiger partial charge in [0.1, 0.15) is 46.0 Å². The first kappa shape index (κ1) is 65.3. The first-order chi connectivity index (χ1) is 37.9. The van der Waals surface area contributed by atoms with Gasteiger partial charge in [0.05, 0.1) is 35.7 Å². The van der Waals surface area contributed by atoms with Gasteiger partial charge in [-0.1, -0.05) is 47.0 Å². The summed E-state index contributed by atoms with van der Waals surface area (Å²) in [6.07, 6.45) is 6.26. The first-order valence-corrected chi connectivity index (χ1v) is 31.1. The normalized spacial score (nSPS) is 17.2. The van der Waals surface area contributed by atoms with Crippen molar-refractivity contribution in [2.75, 3.05) is 21.7 Å². The second-order valence-corrected chi connectivity index (χ2v) is 29.4. The van der Waals surface area contributed by atoms with Crippen molar-refractivity contribution < 1.29 is 74.5 Å². The minimum Gasteiger partial charge on any atom is -0.471 e. The van der Waals surface area contributed by atoms with Crippen LogP contribution in [-0.4, -0.2) is 116 Å². The van der Waals surface area contributed by atoms with Gasteiger partial charge in [0.15, 0.2) is 0 Å². The molecular weight excluding hydrogens is 1160 g/mol. The fourth-order valence-electron chi connectivity index (χ4n) is 8.46. The van der Waals surface area contributed by atoms with Crippen molar-refractivity contribution >= 4 is 78.3 Å². The SMILES string of the molecule is CC(C)(C)OC(=O)CC[C@H]1CN(S(=O)(=O)c2cccc(Br)c2)c2cc(CC(=O)OC(C)(C)C)cnc2O1.CC(C)(C)OC(=O)CC[C@H]1CN(S(=O)(=O)c2cccc(C3CC3)c2)c2cc(CC(=O)OC(C)(C)C)cnc2O1.OB(O)C1CC1. The minimum absolute atomic E-state index is 0.0106. The maximum Gasteiger partial charge on any atom is 0.454 e. The van der Waals surface area contributed by atoms with Gasteiger partial charge in [-0.25, -0.2) is 26.8 Å². The summed E-state index contributed by atoms with van der Waals surface area (Å²) in [7, 11) is -9.06. The third-order valence-corrected chi connectivity index (χ3v) is 16.3. The van der Waals surface area contributed by atoms with Crippen LogP contribution in [0.5, 0.6) is 11.8 Å². The number of nitrogens with zero attached hydrogens (tertiary/aromatic N) is 4. The molecule has 448 valence electrons. The number of anilines is 2. The molecular formula is C58H78BBrN4O16S2. The zero-order valence-electron chi connectivity index (χ0n) is 48.9. The van der Waals surface area contributed by atoms with Crippen molar-refractivity contribution in [1.82, 2.24) is 9.97 Å². The van der Waals surface area contributed by atoms with Crippen molar-refractivity contribution in [2.45, 2.75) is 203 Å². The highest BCUT2D eigenvalue weighted by Crippen LogP contribution is 2.43. The molecule has 0 bridgehead atoms. The lowest BCUT2D eigenvalue weighted by atomic mass is 9.84. The van der Waals surface area contributed by atoms with Gasteiger partial charge in [-0.3, -0.25) is 27.8 Å². The molecule has 4 aromatic rings. The second kappa shape index (κ2) is 26.4. The Bertz CT molecular complexity index is 3160. The Morgan fingerprint density at radius 1 is 0.585 bits per heavy atom. The van der Waals surface area contributed by atoms with Gasteiger partial charge < -0.3 is 38.5 Å². The van der Waals surface area contributed by atoms with Gasteiger partial charge >= 0.3 is 31.0 Å². The van der Waals surface area contributed by atoms with Gasteiger partial charge in [-0.2, -0.15) is 0 Å². The maximum absolute atomic E-state index is 14.0. The van der Waals surface area contributed by atoms with Gasteiger partial charge in [0.25, 0.3) is 20.0 Å². The van der Waals surface area contributed by atoms with Crippen molar-refractivity contribution in [3.05, 3.63) is 94.2 Å². The highest BCUT2D eigenvalue weighted by molar-refractivity contribution is 9.10. The number of aromatic nitrogens is 2. The highest BCUT2D eigenvalue weighted by atomic mass is 79.9. The number of benzene rings is 2. The lowest BCUT2D eigenvalue weighted by Crippen LogP contribution is -2.44. The third-order valence-electron chi connectivity index (χ3n) is 12.3. The molecule has 0 radical (unpaired) electrons. The number of halogens is 1. The van der Waals surface area contributed by atoms with E-state index in [4.69, 9.17) is 38.5 Å². The molecule has 0 spiro atoms. The molecule has 4 aliphatic rings. The minimum atomic E-state index is -4.02. The van der Waals surface area contributed by atoms with E-state index in [-0.39, 0.29) is 96.3 Å². The summed E-state index contributed by atoms with van der Waals surface area (Å²) in [5.74, 6) is -0.846. The smallest absolute Gasteiger partial charge is 0.454 e. The molecule has 2 fully saturated rings. The van der Waals surface area contributed by atoms with Crippen LogP contribution in [0.2, 0.25) is 5.82 Å². The fourth-order valence-corrected chi connectivity index (χ4v) is 12.1. The summed E-state index contributed by atoms with van der Waals surface area (Å²) >= 11 is 3.33. The fraction of sp³-hybridized carbons (Fsp3) is 0.552. The molecule has 2 atom stereocenters. The number of carbonyl (C=O) groups is 4. The largest absolute Gasteiger partial charge is 0.471 e. The molecule has 4 heterocycles. The summed E-state index contributed by atoms with van der Waals surface area (Å²) in [5, 5.41) is 16.5. The molecule has 0 amide bonds. The highest BCUT2D eigenvalue weighted by Gasteiger charge is 2.39. The Hall–Kier alpha value is -5.82. The number of ether oxygens (including phenoxy) is 6. The summed E-state index contributed by atoms with van der Waals surface area (Å²) in [4.78, 5) is 58.4. The number of sulfonamides is 2. The van der Waals surface area contributed by atoms with Gasteiger partial charge in [0.2, 0.25) is 11.8 Å². The lowest BCUT2D eigenvalue weighted by molar-refractivity contribution is -0.156. The van der Waals surface area contributed by atoms with Gasteiger partial charge in [-0.05, 0) is 180 Å². The van der Waals surface area contributed by atoms with E-state index >= 15 is 0 Å². The molecule has 24 heteroatoms. The summed E-state index contributed by atoms with van der Waals surface area (Å²) in [6.45, 7) is 21.3. The Kier molecular flexibility index (Phi) is 21.0. The molecule has 2 N–H and O–H groups in total. The van der Waals surface area contributed by atoms with Crippen LogP contribution in [0, 0.1) is 0 Å². The lowest BCUT2D eigenvalue weighted by Gasteiger charge is -2.35. The van der Waals surface area contributed by atoms with E-state index < -0.39 is 79.7 Å². The quantitative estimate of drug-likeness (QED) is 0.0601. The summed E-state index contributed by atoms with van der Waals surface area (Å²) in [6, 6.07) is 16.6. The molecule has 0 saturated heterocycles. The molecule has 2 aliphatic heterocycles. The molecule has 20 nitrogen and oxygen atoms in total. The molecule has 2 aliphatic carbocycles. The number of carbonyl (C=O) groups excluding carboxylic acids is 4. The Morgan fingerprint density at radius 3 is 1.33 bits per heavy atom. The van der Waals surface area contributed by atoms with E-state index in [1.54, 1.807) is 126 Å². The second-order valence-electron chi connectivity index (χ2n) is 24.7. The topological polar surface area (TPSA) is 265 Å². The van der Waals surface area contributed by atoms with Crippen LogP contribution in [-0.2, 0) is 71.0 Å². The van der Waals surface area contributed by atoms with Crippen molar-refractivity contribution in [3.63, 3.8) is 0 Å². The maximum atomic E-state index is 14.0. The Labute approximate surface area is 491 Å². The average Bonchev–Trinajstić information content (AvgIpc) is 4.41. The standard InChI is InChI=1S/C29H38N2O7S.C26H33BrN2O7S.C3H7BO2/c1-28(2,3)37-25(32)13-12-22-18-31(39(34,35)23-9-7-8-21(16-23)20-10-11-20)24-14-19(17-30-27(24)36-22)15-26(33)38-29(4,5)6;1-25(2,3)35-22(30)11-10-19-16-29(37(32,33)20-9-7-8-18(27)14-20)21-12-17(15-28-24(21)34-19)13-23(31)36-26(4,5)6;5-4(6)3-1-2-3/h7-9,14,16-17,20,22H,10-13,15,18H2,1-6H3;7-9,12,14-15,19H,10-11,13,16H2,1-6H3;3,5-6H,1-2H2/t22-;19-;/m00./s1. The Morgan fingerprint density at radius 2 is 0.976 bits per heavy atom. The van der Waals surface area contributed by atoms with E-state index in [1.165, 1.54) is 33.1 Å². The van der Waals surface area contributed by atoms with E-state index in [1.807, 2.05) is 6.07 Å². The number of rotatable bonds is 16. The van der Waals surface area contributed by atoms with Crippen LogP contribution in [0.1, 0.15) is 157 Å². The van der Waals surface area contributed by atoms with Gasteiger partial charge in [0, 0.05) is 29.7 Å². The molecule has 2 aromatic carbocycles. The van der Waals surface area contributed by atoms with Crippen LogP contribution in [0.4, 0.5) is 11.4 Å². The van der Waals surface area contributed by atoms with Crippen LogP contribution in [0.25, 0.3) is 0 Å². The van der Waals surface area contributed by atoms with Crippen molar-refractivity contribution in [1.29, 1.82) is 0 Å². The van der Waals surface area contributed by atoms with E-state index in [9.17, 15) is 36.0 Å². The van der Waals surface area contributed by atoms with Crippen LogP contribution in [0.3, 0.4) is 0 Å². The molecule has 2 saturated carbocycles. The van der Waals surface area contributed by atoms with Crippen molar-refractivity contribution in [2.24, 2.45) is 0 Å². The van der Waals surface area contributed by atoms with E-state index in [0.29, 0.717) is 21.5 Å². The Balaban J connectivity index is 0.000000239. The summed E-state index contributed by atoms with van der Waals surface area (Å²) in [5.41, 5.74) is -0.0859. The zero-order chi connectivity index (χ0) is 60.8. The first-order valence-electron chi connectivity index (χ1n) is 27.4. The summed E-state index contributed by atoms with van der Waals surface area (Å²) < 4.78 is 92.2. The molecule has 2 aromatic heterocycles. The number of esters is 4. The van der Waals surface area contributed by atoms with Gasteiger partial charge in [-0.15, -0.1) is 0 Å². The monoisotopic (exact) mass is 1240 g/mol. The van der Waals surface area contributed by atoms with E-state index in [0.717, 1.165) is 31.2 Å². The number of hydrogen-bond donors (Lipinski definition) is 2. The number of pyridine rings is 2. The average molecular weight is 1240 g/mol. The third kappa shape index (κ3) is 20.2. The number of hydrogen-bond acceptors (Lipinski definition) is 18. The van der Waals surface area contributed by atoms with Crippen LogP contribution < -0.4 is 18.1 Å². The predicted octanol–water partition coefficient (Wildman–Crippen LogP) is 9.35. The molecule has 0 unspecified atom stereocenters. The predicted molar refractivity (Wildman–Crippen MR) is 311 cm³/mol. The van der Waals surface area contributed by atoms with Crippen LogP contribution in [0.15, 0.2) is 87.3 Å². The molecule has 8 rings (SSSR count). The number of fused-ring (bicyclic) bond motifs is 2. The molecule has 82 heavy (non-hydrogen) atoms. The van der Waals surface area contributed by atoms with Crippen LogP contribution >= 0.6 is 15.9 Å². The van der Waals surface area contributed by atoms with E-state index in [2.05, 4.69) is 25.9 Å². The zero-order valence-corrected chi connectivity index (χ0v) is 52.1. The van der Waals surface area contributed by atoms with Crippen molar-refractivity contribution in [3.8, 4) is 11.8 Å².